The predicted octanol–water partition coefficient (Wildman–Crippen LogP) is 1.05. The Bertz CT molecular complexity index is 214. The van der Waals surface area contributed by atoms with E-state index in [1.165, 1.54) is 5.57 Å². The van der Waals surface area contributed by atoms with Crippen molar-refractivity contribution in [2.45, 2.75) is 25.7 Å². The minimum atomic E-state index is -0.158. The Labute approximate surface area is 58.9 Å². The number of hydrogen-bond donors (Lipinski definition) is 1. The first-order valence-corrected chi connectivity index (χ1v) is 3.52. The van der Waals surface area contributed by atoms with Crippen molar-refractivity contribution in [2.24, 2.45) is 0 Å². The zero-order valence-corrected chi connectivity index (χ0v) is 5.63. The quantitative estimate of drug-likeness (QED) is 0.509. The molecule has 0 atom stereocenters. The first-order chi connectivity index (χ1) is 4.79. The van der Waals surface area contributed by atoms with E-state index in [4.69, 9.17) is 5.21 Å². The molecule has 1 saturated carbocycles. The van der Waals surface area contributed by atoms with Crippen LogP contribution in [0.2, 0.25) is 0 Å². The third-order valence-corrected chi connectivity index (χ3v) is 1.98. The van der Waals surface area contributed by atoms with Gasteiger partial charge in [-0.1, -0.05) is 0 Å². The third-order valence-electron chi connectivity index (χ3n) is 1.98. The zero-order valence-electron chi connectivity index (χ0n) is 5.63. The molecule has 1 saturated heterocycles. The molecule has 0 unspecified atom stereocenters. The van der Waals surface area contributed by atoms with E-state index in [-0.39, 0.29) is 5.91 Å². The minimum Gasteiger partial charge on any atom is -0.281 e. The van der Waals surface area contributed by atoms with Crippen molar-refractivity contribution < 1.29 is 10.0 Å². The van der Waals surface area contributed by atoms with Crippen molar-refractivity contribution in [1.29, 1.82) is 0 Å². The molecule has 2 aliphatic rings. The van der Waals surface area contributed by atoms with Gasteiger partial charge in [0.25, 0.3) is 5.91 Å². The maximum Gasteiger partial charge on any atom is 0.250 e. The fourth-order valence-electron chi connectivity index (χ4n) is 1.27. The van der Waals surface area contributed by atoms with Gasteiger partial charge >= 0.3 is 0 Å². The second kappa shape index (κ2) is 1.83. The van der Waals surface area contributed by atoms with Crippen molar-refractivity contribution in [3.63, 3.8) is 0 Å². The molecule has 10 heavy (non-hydrogen) atoms. The fourth-order valence-corrected chi connectivity index (χ4v) is 1.27. The Kier molecular flexibility index (Phi) is 1.08. The summed E-state index contributed by atoms with van der Waals surface area (Å²) in [7, 11) is 0. The molecule has 0 aromatic carbocycles. The molecular weight excluding hydrogens is 130 g/mol. The summed E-state index contributed by atoms with van der Waals surface area (Å²) in [4.78, 5) is 10.8. The van der Waals surface area contributed by atoms with E-state index in [0.29, 0.717) is 6.42 Å². The lowest BCUT2D eigenvalue weighted by Gasteiger charge is -2.06. The highest BCUT2D eigenvalue weighted by atomic mass is 16.5. The summed E-state index contributed by atoms with van der Waals surface area (Å²) < 4.78 is 0. The summed E-state index contributed by atoms with van der Waals surface area (Å²) in [6, 6.07) is 0. The van der Waals surface area contributed by atoms with Crippen molar-refractivity contribution in [2.75, 3.05) is 0 Å². The highest BCUT2D eigenvalue weighted by Crippen LogP contribution is 2.37. The maximum absolute atomic E-state index is 10.8. The van der Waals surface area contributed by atoms with Crippen LogP contribution >= 0.6 is 0 Å². The summed E-state index contributed by atoms with van der Waals surface area (Å²) in [6.07, 6.45) is 3.36. The van der Waals surface area contributed by atoms with Gasteiger partial charge in [-0.05, 0) is 24.8 Å². The molecule has 2 fully saturated rings. The zero-order chi connectivity index (χ0) is 7.14. The van der Waals surface area contributed by atoms with Gasteiger partial charge in [0.05, 0.1) is 0 Å². The third kappa shape index (κ3) is 0.743. The summed E-state index contributed by atoms with van der Waals surface area (Å²) >= 11 is 0. The minimum absolute atomic E-state index is 0.158. The summed E-state index contributed by atoms with van der Waals surface area (Å²) in [6.45, 7) is 0. The smallest absolute Gasteiger partial charge is 0.250 e. The normalized spacial score (nSPS) is 24.5. The standard InChI is InChI=1S/C7H9NO2/c9-7-4-3-6(8(7)10)5-1-2-5/h10H,1-4H2. The van der Waals surface area contributed by atoms with Gasteiger partial charge in [-0.3, -0.25) is 10.0 Å². The lowest BCUT2D eigenvalue weighted by molar-refractivity contribution is -0.151. The lowest BCUT2D eigenvalue weighted by atomic mass is 10.3. The molecule has 0 spiro atoms. The first kappa shape index (κ1) is 5.92. The number of amides is 1. The van der Waals surface area contributed by atoms with Gasteiger partial charge in [0.1, 0.15) is 0 Å². The summed E-state index contributed by atoms with van der Waals surface area (Å²) in [5.74, 6) is -0.158. The number of carbonyl (C=O) groups is 1. The number of rotatable bonds is 0. The van der Waals surface area contributed by atoms with Gasteiger partial charge in [-0.2, -0.15) is 5.06 Å². The van der Waals surface area contributed by atoms with E-state index in [1.807, 2.05) is 0 Å². The Morgan fingerprint density at radius 3 is 2.30 bits per heavy atom. The Balaban J connectivity index is 2.26. The molecule has 1 amide bonds. The van der Waals surface area contributed by atoms with E-state index in [9.17, 15) is 4.79 Å². The van der Waals surface area contributed by atoms with Crippen molar-refractivity contribution >= 4 is 5.91 Å². The maximum atomic E-state index is 10.8. The molecule has 3 nitrogen and oxygen atoms in total. The molecule has 2 rings (SSSR count). The van der Waals surface area contributed by atoms with E-state index < -0.39 is 0 Å². The first-order valence-electron chi connectivity index (χ1n) is 3.52. The second-order valence-electron chi connectivity index (χ2n) is 2.76. The van der Waals surface area contributed by atoms with Crippen LogP contribution in [0.3, 0.4) is 0 Å². The molecule has 0 bridgehead atoms. The highest BCUT2D eigenvalue weighted by molar-refractivity contribution is 5.80. The number of hydrogen-bond acceptors (Lipinski definition) is 2. The molecular formula is C7H9NO2. The largest absolute Gasteiger partial charge is 0.281 e. The van der Waals surface area contributed by atoms with E-state index in [1.54, 1.807) is 0 Å². The molecule has 1 N–H and O–H groups in total. The van der Waals surface area contributed by atoms with Crippen LogP contribution < -0.4 is 0 Å². The van der Waals surface area contributed by atoms with E-state index >= 15 is 0 Å². The summed E-state index contributed by atoms with van der Waals surface area (Å²) in [5.41, 5.74) is 2.12. The van der Waals surface area contributed by atoms with Gasteiger partial charge in [0.2, 0.25) is 0 Å². The molecule has 1 aliphatic carbocycles. The van der Waals surface area contributed by atoms with Crippen molar-refractivity contribution in [3.05, 3.63) is 11.3 Å². The van der Waals surface area contributed by atoms with Crippen LogP contribution in [0.25, 0.3) is 0 Å². The van der Waals surface area contributed by atoms with Gasteiger partial charge in [0.15, 0.2) is 0 Å². The molecule has 1 aliphatic heterocycles. The Hall–Kier alpha value is -0.830. The van der Waals surface area contributed by atoms with Crippen LogP contribution in [-0.4, -0.2) is 16.2 Å². The lowest BCUT2D eigenvalue weighted by Crippen LogP contribution is -2.17. The monoisotopic (exact) mass is 139 g/mol. The summed E-state index contributed by atoms with van der Waals surface area (Å²) in [5, 5.41) is 9.92. The van der Waals surface area contributed by atoms with E-state index in [0.717, 1.165) is 30.0 Å². The molecule has 0 radical (unpaired) electrons. The van der Waals surface area contributed by atoms with Crippen LogP contribution in [0.5, 0.6) is 0 Å². The van der Waals surface area contributed by atoms with Crippen molar-refractivity contribution in [3.8, 4) is 0 Å². The topological polar surface area (TPSA) is 40.5 Å². The number of hydroxylamine groups is 2. The molecule has 0 aromatic rings. The average Bonchev–Trinajstić information content (AvgIpc) is 2.67. The highest BCUT2D eigenvalue weighted by Gasteiger charge is 2.30. The van der Waals surface area contributed by atoms with Crippen molar-refractivity contribution in [1.82, 2.24) is 5.06 Å². The fraction of sp³-hybridized carbons (Fsp3) is 0.571. The number of nitrogens with zero attached hydrogens (tertiary/aromatic N) is 1. The van der Waals surface area contributed by atoms with Gasteiger partial charge in [-0.25, -0.2) is 0 Å². The Morgan fingerprint density at radius 1 is 1.20 bits per heavy atom. The molecule has 54 valence electrons. The molecule has 3 heteroatoms. The second-order valence-corrected chi connectivity index (χ2v) is 2.76. The van der Waals surface area contributed by atoms with Crippen LogP contribution in [0.15, 0.2) is 11.3 Å². The van der Waals surface area contributed by atoms with Crippen LogP contribution in [-0.2, 0) is 4.79 Å². The Morgan fingerprint density at radius 2 is 1.90 bits per heavy atom. The van der Waals surface area contributed by atoms with Gasteiger partial charge in [0, 0.05) is 12.1 Å². The van der Waals surface area contributed by atoms with Crippen LogP contribution in [0, 0.1) is 0 Å². The van der Waals surface area contributed by atoms with Gasteiger partial charge < -0.3 is 0 Å². The van der Waals surface area contributed by atoms with E-state index in [2.05, 4.69) is 0 Å². The SMILES string of the molecule is O=C1CCC(=C2CC2)N1O. The number of allylic oxidation sites excluding steroid dienone is 2. The molecule has 1 heterocycles. The van der Waals surface area contributed by atoms with Gasteiger partial charge in [-0.15, -0.1) is 0 Å². The average molecular weight is 139 g/mol. The predicted molar refractivity (Wildman–Crippen MR) is 34.1 cm³/mol. The van der Waals surface area contributed by atoms with Crippen LogP contribution in [0.1, 0.15) is 25.7 Å². The molecule has 0 aromatic heterocycles. The number of carbonyl (C=O) groups excluding carboxylic acids is 1. The van der Waals surface area contributed by atoms with Crippen LogP contribution in [0.4, 0.5) is 0 Å².